The van der Waals surface area contributed by atoms with Crippen LogP contribution in [0.15, 0.2) is 39.9 Å². The maximum absolute atomic E-state index is 10.9. The van der Waals surface area contributed by atoms with Crippen molar-refractivity contribution in [1.82, 2.24) is 25.8 Å². The van der Waals surface area contributed by atoms with Gasteiger partial charge in [0.1, 0.15) is 11.7 Å². The summed E-state index contributed by atoms with van der Waals surface area (Å²) in [6.45, 7) is 9.38. The average molecular weight is 556 g/mol. The summed E-state index contributed by atoms with van der Waals surface area (Å²) >= 11 is 0. The Morgan fingerprint density at radius 3 is 2.62 bits per heavy atom. The lowest BCUT2D eigenvalue weighted by Crippen LogP contribution is -2.46. The number of nitrogens with two attached hydrogens (primary N) is 1. The van der Waals surface area contributed by atoms with Crippen LogP contribution < -0.4 is 21.7 Å². The van der Waals surface area contributed by atoms with Crippen LogP contribution in [0.3, 0.4) is 0 Å². The minimum absolute atomic E-state index is 0.202. The van der Waals surface area contributed by atoms with Gasteiger partial charge in [-0.1, -0.05) is 25.3 Å². The second-order valence-corrected chi connectivity index (χ2v) is 12.1. The molecule has 0 spiro atoms. The maximum Gasteiger partial charge on any atom is 0.304 e. The zero-order valence-corrected chi connectivity index (χ0v) is 24.7. The van der Waals surface area contributed by atoms with Crippen molar-refractivity contribution >= 4 is 11.8 Å². The number of rotatable bonds is 12. The fraction of sp³-hybridized carbons (Fsp3) is 0.742. The molecule has 2 aliphatic carbocycles. The molecule has 0 aromatic heterocycles. The van der Waals surface area contributed by atoms with Gasteiger partial charge in [-0.25, -0.2) is 0 Å². The summed E-state index contributed by atoms with van der Waals surface area (Å²) < 4.78 is 0. The molecule has 4 rings (SSSR count). The van der Waals surface area contributed by atoms with Crippen molar-refractivity contribution in [3.05, 3.63) is 34.9 Å². The molecule has 2 aliphatic heterocycles. The number of nitrogens with one attached hydrogen (secondary N) is 3. The summed E-state index contributed by atoms with van der Waals surface area (Å²) in [4.78, 5) is 20.5. The van der Waals surface area contributed by atoms with E-state index in [1.165, 1.54) is 61.9 Å². The lowest BCUT2D eigenvalue weighted by molar-refractivity contribution is -0.137. The summed E-state index contributed by atoms with van der Waals surface area (Å²) in [5, 5.41) is 19.7. The highest BCUT2D eigenvalue weighted by molar-refractivity contribution is 5.84. The van der Waals surface area contributed by atoms with Gasteiger partial charge in [-0.2, -0.15) is 0 Å². The zero-order valence-electron chi connectivity index (χ0n) is 24.7. The van der Waals surface area contributed by atoms with Gasteiger partial charge in [-0.05, 0) is 69.9 Å². The van der Waals surface area contributed by atoms with E-state index in [2.05, 4.69) is 44.8 Å². The monoisotopic (exact) mass is 555 g/mol. The first-order chi connectivity index (χ1) is 19.5. The minimum atomic E-state index is -0.731. The number of nitrogens with zero attached hydrogens (tertiary/aromatic N) is 3. The third-order valence-electron chi connectivity index (χ3n) is 8.91. The van der Waals surface area contributed by atoms with Gasteiger partial charge in [0.2, 0.25) is 0 Å². The fourth-order valence-electron chi connectivity index (χ4n) is 6.32. The minimum Gasteiger partial charge on any atom is -0.481 e. The summed E-state index contributed by atoms with van der Waals surface area (Å²) in [6, 6.07) is 0.754. The average Bonchev–Trinajstić information content (AvgIpc) is 2.96. The number of hydrogen-bond acceptors (Lipinski definition) is 7. The number of carboxylic acid groups (broad SMARTS) is 1. The van der Waals surface area contributed by atoms with E-state index in [9.17, 15) is 4.79 Å². The summed E-state index contributed by atoms with van der Waals surface area (Å²) in [5.41, 5.74) is 10.4. The van der Waals surface area contributed by atoms with E-state index in [4.69, 9.17) is 15.8 Å². The molecule has 0 bridgehead atoms. The molecule has 0 aromatic carbocycles. The number of hydrogen-bond donors (Lipinski definition) is 5. The third kappa shape index (κ3) is 10.1. The zero-order chi connectivity index (χ0) is 28.2. The highest BCUT2D eigenvalue weighted by Gasteiger charge is 2.22. The van der Waals surface area contributed by atoms with Crippen molar-refractivity contribution in [3.63, 3.8) is 0 Å². The largest absolute Gasteiger partial charge is 0.481 e. The van der Waals surface area contributed by atoms with Crippen molar-refractivity contribution in [1.29, 1.82) is 0 Å². The van der Waals surface area contributed by atoms with Crippen molar-refractivity contribution in [2.75, 3.05) is 52.4 Å². The van der Waals surface area contributed by atoms with Crippen LogP contribution in [-0.4, -0.2) is 85.1 Å². The number of carbonyl (C=O) groups is 1. The lowest BCUT2D eigenvalue weighted by atomic mass is 9.92. The van der Waals surface area contributed by atoms with Gasteiger partial charge in [0.25, 0.3) is 0 Å². The van der Waals surface area contributed by atoms with E-state index in [0.717, 1.165) is 83.4 Å². The van der Waals surface area contributed by atoms with Crippen LogP contribution in [-0.2, 0) is 4.79 Å². The van der Waals surface area contributed by atoms with Crippen molar-refractivity contribution in [2.45, 2.75) is 90.0 Å². The maximum atomic E-state index is 10.9. The van der Waals surface area contributed by atoms with E-state index in [1.54, 1.807) is 0 Å². The standard InChI is InChI=1S/C31H53N7O2/c1-24-8-13-30(36-29(32)22-28(24)38-20-18-37(19-21-38)17-14-31(39)40)35-23-25-9-11-27(12-10-25)34-16-5-15-33-26-6-3-2-4-7-26/h11,22,25-26,33-34H,2-10,12-21,23,32H2,1H3,(H,35,36)(H,39,40)/b28-24-,29-22-. The van der Waals surface area contributed by atoms with Gasteiger partial charge in [0, 0.05) is 75.7 Å². The molecule has 0 amide bonds. The van der Waals surface area contributed by atoms with Crippen LogP contribution in [0.5, 0.6) is 0 Å². The molecule has 4 aliphatic rings. The third-order valence-corrected chi connectivity index (χ3v) is 8.91. The Labute approximate surface area is 241 Å². The first kappa shape index (κ1) is 30.4. The molecule has 1 saturated heterocycles. The number of amidine groups is 1. The lowest BCUT2D eigenvalue weighted by Gasteiger charge is -2.37. The summed E-state index contributed by atoms with van der Waals surface area (Å²) in [6.07, 6.45) is 18.0. The summed E-state index contributed by atoms with van der Waals surface area (Å²) in [7, 11) is 0. The van der Waals surface area contributed by atoms with E-state index < -0.39 is 5.97 Å². The molecule has 224 valence electrons. The Bertz CT molecular complexity index is 943. The number of allylic oxidation sites excluding steroid dienone is 4. The molecular formula is C31H53N7O2. The summed E-state index contributed by atoms with van der Waals surface area (Å²) in [5.74, 6) is 1.50. The Kier molecular flexibility index (Phi) is 12.2. The Morgan fingerprint density at radius 1 is 1.10 bits per heavy atom. The topological polar surface area (TPSA) is 118 Å². The number of carboxylic acids is 1. The smallest absolute Gasteiger partial charge is 0.304 e. The molecule has 9 heteroatoms. The van der Waals surface area contributed by atoms with Gasteiger partial charge >= 0.3 is 5.97 Å². The van der Waals surface area contributed by atoms with Crippen LogP contribution in [0.2, 0.25) is 0 Å². The predicted molar refractivity (Wildman–Crippen MR) is 163 cm³/mol. The van der Waals surface area contributed by atoms with Gasteiger partial charge in [-0.3, -0.25) is 14.7 Å². The Hall–Kier alpha value is -2.52. The molecular weight excluding hydrogens is 502 g/mol. The second kappa shape index (κ2) is 16.1. The Morgan fingerprint density at radius 2 is 1.90 bits per heavy atom. The highest BCUT2D eigenvalue weighted by atomic mass is 16.4. The van der Waals surface area contributed by atoms with Gasteiger partial charge in [0.05, 0.1) is 6.42 Å². The van der Waals surface area contributed by atoms with Crippen molar-refractivity contribution in [3.8, 4) is 0 Å². The quantitative estimate of drug-likeness (QED) is 0.232. The van der Waals surface area contributed by atoms with E-state index in [0.29, 0.717) is 18.3 Å². The van der Waals surface area contributed by atoms with Gasteiger partial charge in [0.15, 0.2) is 0 Å². The SMILES string of the molecule is C/C1=C(N2CCN(CCC(=O)O)CC2)\C=C(\N)NC(=NCC2CC=C(NCCCNC3CCCCC3)CC2)CC1. The fourth-order valence-corrected chi connectivity index (χ4v) is 6.32. The van der Waals surface area contributed by atoms with Crippen molar-refractivity contribution < 1.29 is 9.90 Å². The van der Waals surface area contributed by atoms with Crippen LogP contribution in [0, 0.1) is 5.92 Å². The number of piperazine rings is 1. The molecule has 1 atom stereocenters. The van der Waals surface area contributed by atoms with Crippen LogP contribution in [0.25, 0.3) is 0 Å². The van der Waals surface area contributed by atoms with E-state index in [1.807, 2.05) is 0 Å². The predicted octanol–water partition coefficient (Wildman–Crippen LogP) is 3.52. The molecule has 2 fully saturated rings. The second-order valence-electron chi connectivity index (χ2n) is 12.1. The van der Waals surface area contributed by atoms with Crippen LogP contribution in [0.4, 0.5) is 0 Å². The molecule has 0 aromatic rings. The number of aliphatic carboxylic acids is 1. The molecule has 6 N–H and O–H groups in total. The molecule has 40 heavy (non-hydrogen) atoms. The molecule has 9 nitrogen and oxygen atoms in total. The van der Waals surface area contributed by atoms with Crippen LogP contribution >= 0.6 is 0 Å². The van der Waals surface area contributed by atoms with Crippen LogP contribution in [0.1, 0.15) is 84.0 Å². The van der Waals surface area contributed by atoms with E-state index >= 15 is 0 Å². The molecule has 1 saturated carbocycles. The van der Waals surface area contributed by atoms with E-state index in [-0.39, 0.29) is 6.42 Å². The van der Waals surface area contributed by atoms with Crippen molar-refractivity contribution in [2.24, 2.45) is 16.6 Å². The highest BCUT2D eigenvalue weighted by Crippen LogP contribution is 2.24. The molecule has 1 unspecified atom stereocenters. The molecule has 0 radical (unpaired) electrons. The Balaban J connectivity index is 1.16. The molecule has 2 heterocycles. The first-order valence-electron chi connectivity index (χ1n) is 15.8. The number of aliphatic imine (C=N–C) groups is 1. The normalized spacial score (nSPS) is 27.8. The van der Waals surface area contributed by atoms with Gasteiger partial charge in [-0.15, -0.1) is 0 Å². The van der Waals surface area contributed by atoms with Gasteiger partial charge < -0.3 is 31.7 Å². The first-order valence-corrected chi connectivity index (χ1v) is 15.8.